The number of sulfone groups is 1. The van der Waals surface area contributed by atoms with Crippen molar-refractivity contribution in [1.82, 2.24) is 0 Å². The molecule has 0 atom stereocenters. The lowest BCUT2D eigenvalue weighted by Crippen LogP contribution is -2.11. The number of anilines is 1. The third-order valence-corrected chi connectivity index (χ3v) is 5.49. The van der Waals surface area contributed by atoms with E-state index in [1.165, 1.54) is 36.4 Å². The fourth-order valence-corrected chi connectivity index (χ4v) is 3.62. The second kappa shape index (κ2) is 7.22. The number of nitrogens with zero attached hydrogens (tertiary/aromatic N) is 1. The Morgan fingerprint density at radius 3 is 2.41 bits per heavy atom. The van der Waals surface area contributed by atoms with Gasteiger partial charge in [-0.2, -0.15) is 0 Å². The normalized spacial score (nSPS) is 11.1. The molecule has 0 unspecified atom stereocenters. The minimum Gasteiger partial charge on any atom is -0.439 e. The molecule has 0 radical (unpaired) electrons. The molecular formula is C17H11ClN2O6S. The largest absolute Gasteiger partial charge is 0.439 e. The molecule has 10 heteroatoms. The van der Waals surface area contributed by atoms with Gasteiger partial charge in [0.25, 0.3) is 11.6 Å². The average Bonchev–Trinajstić information content (AvgIpc) is 3.15. The predicted molar refractivity (Wildman–Crippen MR) is 96.7 cm³/mol. The maximum atomic E-state index is 12.5. The molecule has 0 aliphatic heterocycles. The van der Waals surface area contributed by atoms with Crippen molar-refractivity contribution in [1.29, 1.82) is 0 Å². The molecule has 0 aliphatic carbocycles. The van der Waals surface area contributed by atoms with Gasteiger partial charge in [0.2, 0.25) is 14.9 Å². The van der Waals surface area contributed by atoms with E-state index in [1.807, 2.05) is 0 Å². The number of hydrogen-bond acceptors (Lipinski definition) is 6. The van der Waals surface area contributed by atoms with Crippen LogP contribution in [0, 0.1) is 10.1 Å². The predicted octanol–water partition coefficient (Wildman–Crippen LogP) is 3.93. The van der Waals surface area contributed by atoms with Gasteiger partial charge in [-0.15, -0.1) is 0 Å². The third kappa shape index (κ3) is 3.83. The highest BCUT2D eigenvalue weighted by Crippen LogP contribution is 2.28. The van der Waals surface area contributed by atoms with Crippen LogP contribution in [0.25, 0.3) is 0 Å². The minimum atomic E-state index is -3.90. The number of rotatable bonds is 5. The summed E-state index contributed by atoms with van der Waals surface area (Å²) >= 11 is 5.92. The topological polar surface area (TPSA) is 120 Å². The molecule has 0 saturated heterocycles. The number of furan rings is 1. The maximum Gasteiger partial charge on any atom is 0.291 e. The molecule has 0 fully saturated rings. The summed E-state index contributed by atoms with van der Waals surface area (Å²) in [6, 6.07) is 13.6. The Morgan fingerprint density at radius 2 is 1.78 bits per heavy atom. The van der Waals surface area contributed by atoms with Crippen LogP contribution in [-0.4, -0.2) is 19.2 Å². The van der Waals surface area contributed by atoms with Crippen LogP contribution in [0.2, 0.25) is 5.02 Å². The number of hydrogen-bond donors (Lipinski definition) is 1. The van der Waals surface area contributed by atoms with Gasteiger partial charge in [-0.1, -0.05) is 29.8 Å². The Bertz CT molecular complexity index is 1130. The average molecular weight is 407 g/mol. The Morgan fingerprint density at radius 1 is 1.07 bits per heavy atom. The van der Waals surface area contributed by atoms with Crippen LogP contribution in [0.3, 0.4) is 0 Å². The first-order valence-corrected chi connectivity index (χ1v) is 9.30. The zero-order chi connectivity index (χ0) is 19.6. The van der Waals surface area contributed by atoms with Crippen molar-refractivity contribution in [3.63, 3.8) is 0 Å². The van der Waals surface area contributed by atoms with E-state index < -0.39 is 20.7 Å². The summed E-state index contributed by atoms with van der Waals surface area (Å²) in [6.07, 6.45) is 0. The zero-order valence-electron chi connectivity index (χ0n) is 13.5. The molecular weight excluding hydrogens is 396 g/mol. The highest BCUT2D eigenvalue weighted by molar-refractivity contribution is 7.91. The van der Waals surface area contributed by atoms with Gasteiger partial charge >= 0.3 is 0 Å². The highest BCUT2D eigenvalue weighted by Gasteiger charge is 2.23. The number of benzene rings is 2. The molecule has 1 heterocycles. The van der Waals surface area contributed by atoms with Crippen molar-refractivity contribution in [2.24, 2.45) is 0 Å². The molecule has 1 N–H and O–H groups in total. The van der Waals surface area contributed by atoms with E-state index >= 15 is 0 Å². The van der Waals surface area contributed by atoms with Crippen molar-refractivity contribution in [3.05, 3.63) is 81.6 Å². The molecule has 0 aliphatic rings. The fraction of sp³-hybridized carbons (Fsp3) is 0. The second-order valence-corrected chi connectivity index (χ2v) is 7.60. The number of nitro groups is 1. The third-order valence-electron chi connectivity index (χ3n) is 3.54. The van der Waals surface area contributed by atoms with Crippen LogP contribution in [0.4, 0.5) is 11.4 Å². The SMILES string of the molecule is O=C(Nc1ccc([N+](=O)[O-])cc1Cl)c1ccc(S(=O)(=O)c2ccccc2)o1. The Balaban J connectivity index is 1.83. The first-order chi connectivity index (χ1) is 12.8. The molecule has 0 spiro atoms. The van der Waals surface area contributed by atoms with E-state index in [1.54, 1.807) is 18.2 Å². The monoisotopic (exact) mass is 406 g/mol. The van der Waals surface area contributed by atoms with E-state index in [4.69, 9.17) is 16.0 Å². The smallest absolute Gasteiger partial charge is 0.291 e. The summed E-state index contributed by atoms with van der Waals surface area (Å²) in [7, 11) is -3.90. The molecule has 0 bridgehead atoms. The Kier molecular flexibility index (Phi) is 4.98. The van der Waals surface area contributed by atoms with Crippen molar-refractivity contribution < 1.29 is 22.6 Å². The van der Waals surface area contributed by atoms with Crippen molar-refractivity contribution in [2.45, 2.75) is 9.99 Å². The van der Waals surface area contributed by atoms with Gasteiger partial charge in [0.1, 0.15) is 0 Å². The van der Waals surface area contributed by atoms with Crippen molar-refractivity contribution in [3.8, 4) is 0 Å². The number of carbonyl (C=O) groups excluding carboxylic acids is 1. The number of nitro benzene ring substituents is 1. The Labute approximate surface area is 158 Å². The molecule has 0 saturated carbocycles. The summed E-state index contributed by atoms with van der Waals surface area (Å²) in [5, 5.41) is 12.7. The number of carbonyl (C=O) groups is 1. The van der Waals surface area contributed by atoms with Gasteiger partial charge < -0.3 is 9.73 Å². The van der Waals surface area contributed by atoms with Crippen molar-refractivity contribution >= 4 is 38.7 Å². The number of amides is 1. The number of non-ortho nitro benzene ring substituents is 1. The first kappa shape index (κ1) is 18.6. The summed E-state index contributed by atoms with van der Waals surface area (Å²) < 4.78 is 30.1. The lowest BCUT2D eigenvalue weighted by molar-refractivity contribution is -0.384. The van der Waals surface area contributed by atoms with E-state index in [0.29, 0.717) is 0 Å². The number of nitrogens with one attached hydrogen (secondary N) is 1. The second-order valence-electron chi connectivity index (χ2n) is 5.31. The van der Waals surface area contributed by atoms with Crippen LogP contribution in [0.1, 0.15) is 10.6 Å². The fourth-order valence-electron chi connectivity index (χ4n) is 2.21. The highest BCUT2D eigenvalue weighted by atomic mass is 35.5. The summed E-state index contributed by atoms with van der Waals surface area (Å²) in [6.45, 7) is 0. The Hall–Kier alpha value is -3.17. The van der Waals surface area contributed by atoms with Gasteiger partial charge in [0.15, 0.2) is 5.76 Å². The van der Waals surface area contributed by atoms with E-state index in [9.17, 15) is 23.3 Å². The molecule has 27 heavy (non-hydrogen) atoms. The van der Waals surface area contributed by atoms with Crippen LogP contribution >= 0.6 is 11.6 Å². The molecule has 2 aromatic carbocycles. The molecule has 1 aromatic heterocycles. The first-order valence-electron chi connectivity index (χ1n) is 7.44. The van der Waals surface area contributed by atoms with Crippen LogP contribution in [-0.2, 0) is 9.84 Å². The lowest BCUT2D eigenvalue weighted by Gasteiger charge is -2.05. The molecule has 3 rings (SSSR count). The maximum absolute atomic E-state index is 12.5. The molecule has 1 amide bonds. The number of halogens is 1. The minimum absolute atomic E-state index is 0.0321. The van der Waals surface area contributed by atoms with Gasteiger partial charge in [-0.05, 0) is 30.3 Å². The molecule has 138 valence electrons. The molecule has 8 nitrogen and oxygen atoms in total. The standard InChI is InChI=1S/C17H11ClN2O6S/c18-13-10-11(20(22)23)6-7-14(13)19-17(21)15-8-9-16(26-15)27(24,25)12-4-2-1-3-5-12/h1-10H,(H,19,21). The van der Waals surface area contributed by atoms with Gasteiger partial charge in [-0.25, -0.2) is 8.42 Å². The van der Waals surface area contributed by atoms with Gasteiger partial charge in [0, 0.05) is 12.1 Å². The van der Waals surface area contributed by atoms with E-state index in [2.05, 4.69) is 5.32 Å². The van der Waals surface area contributed by atoms with Crippen LogP contribution in [0.15, 0.2) is 75.1 Å². The van der Waals surface area contributed by atoms with Crippen molar-refractivity contribution in [2.75, 3.05) is 5.32 Å². The van der Waals surface area contributed by atoms with Crippen LogP contribution in [0.5, 0.6) is 0 Å². The lowest BCUT2D eigenvalue weighted by atomic mass is 10.2. The van der Waals surface area contributed by atoms with Crippen LogP contribution < -0.4 is 5.32 Å². The summed E-state index contributed by atoms with van der Waals surface area (Å²) in [5.74, 6) is -1.00. The van der Waals surface area contributed by atoms with Gasteiger partial charge in [-0.3, -0.25) is 14.9 Å². The summed E-state index contributed by atoms with van der Waals surface area (Å²) in [4.78, 5) is 22.4. The molecule has 3 aromatic rings. The van der Waals surface area contributed by atoms with E-state index in [0.717, 1.165) is 6.07 Å². The zero-order valence-corrected chi connectivity index (χ0v) is 15.0. The quantitative estimate of drug-likeness (QED) is 0.506. The van der Waals surface area contributed by atoms with E-state index in [-0.39, 0.29) is 32.1 Å². The summed E-state index contributed by atoms with van der Waals surface area (Å²) in [5.41, 5.74) is -0.108. The van der Waals surface area contributed by atoms with Gasteiger partial charge in [0.05, 0.1) is 20.5 Å².